The summed E-state index contributed by atoms with van der Waals surface area (Å²) in [5, 5.41) is 3.11. The van der Waals surface area contributed by atoms with Crippen molar-refractivity contribution >= 4 is 50.6 Å². The number of hydrogen-bond donors (Lipinski definition) is 0. The van der Waals surface area contributed by atoms with Gasteiger partial charge in [-0.25, -0.2) is 0 Å². The third kappa shape index (κ3) is 1.39. The highest BCUT2D eigenvalue weighted by atomic mass is 32.2. The molecule has 17 heavy (non-hydrogen) atoms. The smallest absolute Gasteiger partial charge is 0.189 e. The van der Waals surface area contributed by atoms with Crippen molar-refractivity contribution in [3.8, 4) is 0 Å². The van der Waals surface area contributed by atoms with Gasteiger partial charge in [-0.15, -0.1) is 6.58 Å². The van der Waals surface area contributed by atoms with Crippen molar-refractivity contribution in [3.05, 3.63) is 12.7 Å². The first kappa shape index (κ1) is 11.4. The van der Waals surface area contributed by atoms with Crippen LogP contribution in [0.2, 0.25) is 0 Å². The molecular weight excluding hydrogens is 272 g/mol. The summed E-state index contributed by atoms with van der Waals surface area (Å²) >= 11 is 11.0. The molecule has 1 fully saturated rings. The van der Waals surface area contributed by atoms with Gasteiger partial charge in [-0.2, -0.15) is 0 Å². The maximum atomic E-state index is 5.55. The minimum absolute atomic E-state index is 0.138. The summed E-state index contributed by atoms with van der Waals surface area (Å²) in [7, 11) is 1.92. The summed E-state index contributed by atoms with van der Waals surface area (Å²) < 4.78 is 4.38. The van der Waals surface area contributed by atoms with Crippen LogP contribution < -0.4 is 0 Å². The lowest BCUT2D eigenvalue weighted by atomic mass is 10.3. The Morgan fingerprint density at radius 3 is 2.59 bits per heavy atom. The summed E-state index contributed by atoms with van der Waals surface area (Å²) in [4.78, 5) is 4.47. The summed E-state index contributed by atoms with van der Waals surface area (Å²) in [6, 6.07) is 0. The normalized spacial score (nSPS) is 27.1. The fraction of sp³-hybridized carbons (Fsp3) is 0.500. The monoisotopic (exact) mass is 286 g/mol. The zero-order chi connectivity index (χ0) is 12.2. The van der Waals surface area contributed by atoms with E-state index in [1.165, 1.54) is 5.11 Å². The van der Waals surface area contributed by atoms with E-state index in [1.807, 2.05) is 6.08 Å². The molecule has 0 aromatic carbocycles. The van der Waals surface area contributed by atoms with Crippen molar-refractivity contribution < 1.29 is 0 Å². The van der Waals surface area contributed by atoms with Crippen LogP contribution in [0, 0.1) is 0 Å². The third-order valence-corrected chi connectivity index (χ3v) is 6.46. The second-order valence-electron chi connectivity index (χ2n) is 4.12. The van der Waals surface area contributed by atoms with Crippen LogP contribution in [0.1, 0.15) is 6.42 Å². The molecule has 3 aliphatic heterocycles. The van der Waals surface area contributed by atoms with Crippen molar-refractivity contribution in [1.29, 1.82) is 0 Å². The molecule has 7 heteroatoms. The van der Waals surface area contributed by atoms with Gasteiger partial charge in [-0.3, -0.25) is 18.4 Å². The Bertz CT molecular complexity index is 458. The van der Waals surface area contributed by atoms with Crippen molar-refractivity contribution in [2.45, 2.75) is 6.42 Å². The van der Waals surface area contributed by atoms with Gasteiger partial charge in [0.2, 0.25) is 0 Å². The molecule has 4 nitrogen and oxygen atoms in total. The lowest BCUT2D eigenvalue weighted by Crippen LogP contribution is -2.52. The lowest BCUT2D eigenvalue weighted by molar-refractivity contribution is 0.400. The number of thiocarbonyl (C=S) groups is 2. The third-order valence-electron chi connectivity index (χ3n) is 3.10. The Kier molecular flexibility index (Phi) is 2.64. The molecule has 3 heterocycles. The van der Waals surface area contributed by atoms with Gasteiger partial charge in [0, 0.05) is 20.1 Å². The SMILES string of the molecule is C=CCN1C(=S)N2CCCN3C(=S)N(C)S1=C32. The maximum Gasteiger partial charge on any atom is 0.189 e. The summed E-state index contributed by atoms with van der Waals surface area (Å²) in [6.45, 7) is 6.62. The van der Waals surface area contributed by atoms with Crippen molar-refractivity contribution in [2.75, 3.05) is 26.7 Å². The van der Waals surface area contributed by atoms with E-state index in [0.29, 0.717) is 0 Å². The Morgan fingerprint density at radius 2 is 1.94 bits per heavy atom. The summed E-state index contributed by atoms with van der Waals surface area (Å²) in [6.07, 6.45) is 3.01. The van der Waals surface area contributed by atoms with Gasteiger partial charge in [0.05, 0.1) is 17.4 Å². The number of rotatable bonds is 2. The van der Waals surface area contributed by atoms with Crippen LogP contribution in [0.25, 0.3) is 0 Å². The topological polar surface area (TPSA) is 13.0 Å². The molecule has 1 atom stereocenters. The molecule has 0 aliphatic carbocycles. The van der Waals surface area contributed by atoms with Crippen molar-refractivity contribution in [1.82, 2.24) is 18.4 Å². The standard InChI is InChI=1S/C10H14N4S3/c1-3-5-14-9(16)13-7-4-6-12-8(15)11(2)17(14)10(12)13/h3H,1,4-7H2,2H3. The average molecular weight is 286 g/mol. The largest absolute Gasteiger partial charge is 0.296 e. The van der Waals surface area contributed by atoms with E-state index in [0.717, 1.165) is 36.3 Å². The quantitative estimate of drug-likeness (QED) is 0.555. The van der Waals surface area contributed by atoms with Gasteiger partial charge in [0.1, 0.15) is 0 Å². The highest BCUT2D eigenvalue weighted by Gasteiger charge is 2.46. The molecule has 0 N–H and O–H groups in total. The molecule has 0 amide bonds. The second-order valence-corrected chi connectivity index (χ2v) is 6.73. The minimum Gasteiger partial charge on any atom is -0.296 e. The van der Waals surface area contributed by atoms with E-state index in [1.54, 1.807) is 0 Å². The molecule has 92 valence electrons. The fourth-order valence-corrected chi connectivity index (χ4v) is 5.56. The molecule has 0 bridgehead atoms. The molecule has 3 aliphatic rings. The Morgan fingerprint density at radius 1 is 1.29 bits per heavy atom. The van der Waals surface area contributed by atoms with Gasteiger partial charge in [0.25, 0.3) is 0 Å². The average Bonchev–Trinajstić information content (AvgIpc) is 2.75. The zero-order valence-electron chi connectivity index (χ0n) is 9.63. The van der Waals surface area contributed by atoms with Crippen LogP contribution >= 0.6 is 35.3 Å². The molecule has 0 aromatic heterocycles. The first-order valence-electron chi connectivity index (χ1n) is 5.53. The van der Waals surface area contributed by atoms with E-state index < -0.39 is 0 Å². The van der Waals surface area contributed by atoms with Crippen LogP contribution in [0.4, 0.5) is 0 Å². The zero-order valence-corrected chi connectivity index (χ0v) is 12.1. The van der Waals surface area contributed by atoms with Crippen LogP contribution in [0.5, 0.6) is 0 Å². The lowest BCUT2D eigenvalue weighted by Gasteiger charge is -2.35. The van der Waals surface area contributed by atoms with Crippen LogP contribution in [0.3, 0.4) is 0 Å². The van der Waals surface area contributed by atoms with Gasteiger partial charge in [-0.05, 0) is 30.9 Å². The fourth-order valence-electron chi connectivity index (χ4n) is 2.36. The van der Waals surface area contributed by atoms with Gasteiger partial charge < -0.3 is 0 Å². The van der Waals surface area contributed by atoms with Crippen LogP contribution in [-0.2, 0) is 0 Å². The highest BCUT2D eigenvalue weighted by Crippen LogP contribution is 2.42. The number of hydrogen-bond acceptors (Lipinski definition) is 2. The summed E-state index contributed by atoms with van der Waals surface area (Å²) in [5.74, 6) is 0. The van der Waals surface area contributed by atoms with Gasteiger partial charge in [-0.1, -0.05) is 6.08 Å². The van der Waals surface area contributed by atoms with Gasteiger partial charge >= 0.3 is 0 Å². The predicted octanol–water partition coefficient (Wildman–Crippen LogP) is 1.20. The van der Waals surface area contributed by atoms with Gasteiger partial charge in [0.15, 0.2) is 15.3 Å². The predicted molar refractivity (Wildman–Crippen MR) is 80.5 cm³/mol. The Hall–Kier alpha value is -0.660. The van der Waals surface area contributed by atoms with E-state index >= 15 is 0 Å². The van der Waals surface area contributed by atoms with E-state index in [2.05, 4.69) is 32.0 Å². The minimum atomic E-state index is -0.138. The first-order chi connectivity index (χ1) is 8.16. The molecule has 0 saturated carbocycles. The van der Waals surface area contributed by atoms with Crippen molar-refractivity contribution in [2.24, 2.45) is 0 Å². The number of nitrogens with zero attached hydrogens (tertiary/aromatic N) is 4. The Labute approximate surface area is 115 Å². The van der Waals surface area contributed by atoms with Crippen LogP contribution in [-0.4, -0.2) is 60.4 Å². The summed E-state index contributed by atoms with van der Waals surface area (Å²) in [5.41, 5.74) is 0. The van der Waals surface area contributed by atoms with E-state index in [4.69, 9.17) is 24.4 Å². The Balaban J connectivity index is 2.08. The maximum absolute atomic E-state index is 5.55. The van der Waals surface area contributed by atoms with Crippen molar-refractivity contribution in [3.63, 3.8) is 0 Å². The van der Waals surface area contributed by atoms with E-state index in [-0.39, 0.29) is 10.9 Å². The second kappa shape index (κ2) is 3.93. The molecule has 0 radical (unpaired) electrons. The molecular formula is C10H14N4S3. The molecule has 3 rings (SSSR count). The molecule has 1 unspecified atom stereocenters. The molecule has 0 spiro atoms. The molecule has 1 saturated heterocycles. The first-order valence-corrected chi connectivity index (χ1v) is 7.49. The molecule has 0 aromatic rings. The van der Waals surface area contributed by atoms with E-state index in [9.17, 15) is 0 Å². The van der Waals surface area contributed by atoms with Crippen LogP contribution in [0.15, 0.2) is 12.7 Å². The highest BCUT2D eigenvalue weighted by molar-refractivity contribution is 8.14.